The molecule has 0 fully saturated rings. The Labute approximate surface area is 99.9 Å². The highest BCUT2D eigenvalue weighted by atomic mass is 32.2. The molecular weight excluding hydrogens is 214 g/mol. The van der Waals surface area contributed by atoms with Gasteiger partial charge in [0, 0.05) is 22.4 Å². The Morgan fingerprint density at radius 1 is 1.06 bits per heavy atom. The summed E-state index contributed by atoms with van der Waals surface area (Å²) in [4.78, 5) is 7.26. The molecule has 0 spiro atoms. The van der Waals surface area contributed by atoms with Crippen LogP contribution in [0.25, 0.3) is 0 Å². The molecule has 1 aliphatic rings. The molecule has 0 bridgehead atoms. The summed E-state index contributed by atoms with van der Waals surface area (Å²) in [6.07, 6.45) is 2.89. The number of nitrogens with zero attached hydrogens (tertiary/aromatic N) is 1. The van der Waals surface area contributed by atoms with Crippen molar-refractivity contribution in [2.45, 2.75) is 30.1 Å². The zero-order valence-electron chi connectivity index (χ0n) is 9.45. The topological polar surface area (TPSA) is 12.9 Å². The zero-order valence-corrected chi connectivity index (χ0v) is 10.3. The van der Waals surface area contributed by atoms with E-state index in [9.17, 15) is 0 Å². The van der Waals surface area contributed by atoms with Crippen molar-refractivity contribution in [3.8, 4) is 0 Å². The molecule has 3 rings (SSSR count). The van der Waals surface area contributed by atoms with Gasteiger partial charge in [-0.2, -0.15) is 0 Å². The van der Waals surface area contributed by atoms with E-state index in [1.54, 1.807) is 0 Å². The van der Waals surface area contributed by atoms with Crippen molar-refractivity contribution in [2.24, 2.45) is 0 Å². The number of rotatable bonds is 0. The van der Waals surface area contributed by atoms with Gasteiger partial charge in [-0.3, -0.25) is 4.98 Å². The van der Waals surface area contributed by atoms with Crippen molar-refractivity contribution in [2.75, 3.05) is 0 Å². The Morgan fingerprint density at radius 3 is 2.75 bits per heavy atom. The Hall–Kier alpha value is -1.28. The zero-order chi connectivity index (χ0) is 11.1. The van der Waals surface area contributed by atoms with Gasteiger partial charge in [0.05, 0.1) is 5.69 Å². The molecule has 2 heterocycles. The van der Waals surface area contributed by atoms with Crippen LogP contribution in [0.15, 0.2) is 40.3 Å². The molecule has 80 valence electrons. The molecule has 0 N–H and O–H groups in total. The van der Waals surface area contributed by atoms with Gasteiger partial charge in [0.2, 0.25) is 0 Å². The van der Waals surface area contributed by atoms with Gasteiger partial charge in [-0.05, 0) is 36.6 Å². The first-order valence-corrected chi connectivity index (χ1v) is 6.28. The van der Waals surface area contributed by atoms with E-state index in [-0.39, 0.29) is 0 Å². The van der Waals surface area contributed by atoms with Gasteiger partial charge in [-0.25, -0.2) is 0 Å². The third-order valence-electron chi connectivity index (χ3n) is 3.03. The van der Waals surface area contributed by atoms with Gasteiger partial charge in [0.15, 0.2) is 0 Å². The van der Waals surface area contributed by atoms with E-state index in [1.807, 2.05) is 18.0 Å². The predicted molar refractivity (Wildman–Crippen MR) is 67.1 cm³/mol. The van der Waals surface area contributed by atoms with Crippen LogP contribution in [0.3, 0.4) is 0 Å². The van der Waals surface area contributed by atoms with E-state index in [0.717, 1.165) is 6.42 Å². The quantitative estimate of drug-likeness (QED) is 0.580. The van der Waals surface area contributed by atoms with E-state index < -0.39 is 0 Å². The maximum absolute atomic E-state index is 4.49. The first-order chi connectivity index (χ1) is 7.75. The lowest BCUT2D eigenvalue weighted by atomic mass is 10.0. The van der Waals surface area contributed by atoms with Gasteiger partial charge in [-0.15, -0.1) is 0 Å². The Morgan fingerprint density at radius 2 is 1.88 bits per heavy atom. The minimum Gasteiger partial charge on any atom is -0.260 e. The molecule has 0 atom stereocenters. The number of fused-ring (bicyclic) bond motifs is 2. The minimum absolute atomic E-state index is 0.973. The van der Waals surface area contributed by atoms with E-state index in [1.165, 1.54) is 32.2 Å². The summed E-state index contributed by atoms with van der Waals surface area (Å²) in [5.41, 5.74) is 5.35. The van der Waals surface area contributed by atoms with Crippen molar-refractivity contribution >= 4 is 11.8 Å². The summed E-state index contributed by atoms with van der Waals surface area (Å²) >= 11 is 1.87. The van der Waals surface area contributed by atoms with Crippen LogP contribution in [0.2, 0.25) is 0 Å². The smallest absolute Gasteiger partial charge is 0.0589 e. The normalized spacial score (nSPS) is 13.1. The first-order valence-electron chi connectivity index (χ1n) is 5.46. The fourth-order valence-electron chi connectivity index (χ4n) is 2.15. The van der Waals surface area contributed by atoms with Gasteiger partial charge < -0.3 is 0 Å². The molecule has 0 saturated heterocycles. The van der Waals surface area contributed by atoms with Crippen molar-refractivity contribution in [3.05, 3.63) is 52.8 Å². The minimum atomic E-state index is 0.973. The van der Waals surface area contributed by atoms with Gasteiger partial charge in [0.25, 0.3) is 0 Å². The maximum Gasteiger partial charge on any atom is 0.0589 e. The van der Waals surface area contributed by atoms with E-state index in [4.69, 9.17) is 0 Å². The fraction of sp³-hybridized carbons (Fsp3) is 0.214. The fourth-order valence-corrected chi connectivity index (χ4v) is 3.32. The number of aromatic nitrogens is 1. The van der Waals surface area contributed by atoms with Crippen LogP contribution < -0.4 is 0 Å². The molecular formula is C14H13NS. The van der Waals surface area contributed by atoms with Gasteiger partial charge in [-0.1, -0.05) is 30.0 Å². The molecule has 2 heteroatoms. The lowest BCUT2D eigenvalue weighted by Crippen LogP contribution is -2.04. The van der Waals surface area contributed by atoms with Gasteiger partial charge >= 0.3 is 0 Å². The maximum atomic E-state index is 4.49. The molecule has 16 heavy (non-hydrogen) atoms. The highest BCUT2D eigenvalue weighted by Crippen LogP contribution is 2.41. The van der Waals surface area contributed by atoms with Gasteiger partial charge in [0.1, 0.15) is 0 Å². The second-order valence-electron chi connectivity index (χ2n) is 4.25. The second-order valence-corrected chi connectivity index (χ2v) is 5.27. The van der Waals surface area contributed by atoms with Crippen molar-refractivity contribution in [1.29, 1.82) is 0 Å². The lowest BCUT2D eigenvalue weighted by molar-refractivity contribution is 0.947. The number of aryl methyl sites for hydroxylation is 2. The number of pyridine rings is 1. The SMILES string of the molecule is Cc1cccc2c1Sc1c(C)ccnc1C2. The standard InChI is InChI=1S/C14H13NS/c1-9-4-3-5-11-8-12-14(16-13(9)11)10(2)6-7-15-12/h3-7H,8H2,1-2H3. The number of hydrogen-bond donors (Lipinski definition) is 0. The molecule has 1 nitrogen and oxygen atoms in total. The summed E-state index contributed by atoms with van der Waals surface area (Å²) < 4.78 is 0. The molecule has 0 radical (unpaired) electrons. The van der Waals surface area contributed by atoms with Crippen LogP contribution >= 0.6 is 11.8 Å². The van der Waals surface area contributed by atoms with Crippen LogP contribution in [0.5, 0.6) is 0 Å². The summed E-state index contributed by atoms with van der Waals surface area (Å²) in [7, 11) is 0. The number of benzene rings is 1. The largest absolute Gasteiger partial charge is 0.260 e. The average molecular weight is 227 g/mol. The number of hydrogen-bond acceptors (Lipinski definition) is 2. The monoisotopic (exact) mass is 227 g/mol. The third-order valence-corrected chi connectivity index (χ3v) is 4.58. The Kier molecular flexibility index (Phi) is 2.25. The molecule has 1 aromatic heterocycles. The molecule has 0 aliphatic carbocycles. The molecule has 0 unspecified atom stereocenters. The Balaban J connectivity index is 2.17. The summed E-state index contributed by atoms with van der Waals surface area (Å²) in [5.74, 6) is 0. The molecule has 0 saturated carbocycles. The van der Waals surface area contributed by atoms with Crippen LogP contribution in [0.4, 0.5) is 0 Å². The second kappa shape index (κ2) is 3.63. The highest BCUT2D eigenvalue weighted by Gasteiger charge is 2.19. The summed E-state index contributed by atoms with van der Waals surface area (Å²) in [6.45, 7) is 4.35. The van der Waals surface area contributed by atoms with E-state index >= 15 is 0 Å². The average Bonchev–Trinajstić information content (AvgIpc) is 2.28. The predicted octanol–water partition coefficient (Wildman–Crippen LogP) is 3.75. The molecule has 0 amide bonds. The third kappa shape index (κ3) is 1.45. The van der Waals surface area contributed by atoms with Crippen LogP contribution in [0.1, 0.15) is 22.4 Å². The molecule has 1 aromatic carbocycles. The van der Waals surface area contributed by atoms with E-state index in [0.29, 0.717) is 0 Å². The molecule has 2 aromatic rings. The van der Waals surface area contributed by atoms with E-state index in [2.05, 4.69) is 43.1 Å². The summed E-state index contributed by atoms with van der Waals surface area (Å²) in [6, 6.07) is 8.62. The van der Waals surface area contributed by atoms with Crippen LogP contribution in [-0.4, -0.2) is 4.98 Å². The van der Waals surface area contributed by atoms with Crippen LogP contribution in [0, 0.1) is 13.8 Å². The summed E-state index contributed by atoms with van der Waals surface area (Å²) in [5, 5.41) is 0. The highest BCUT2D eigenvalue weighted by molar-refractivity contribution is 7.99. The van der Waals surface area contributed by atoms with Crippen molar-refractivity contribution < 1.29 is 0 Å². The van der Waals surface area contributed by atoms with Crippen molar-refractivity contribution in [1.82, 2.24) is 4.98 Å². The van der Waals surface area contributed by atoms with Crippen LogP contribution in [-0.2, 0) is 6.42 Å². The Bertz CT molecular complexity index is 511. The van der Waals surface area contributed by atoms with Crippen molar-refractivity contribution in [3.63, 3.8) is 0 Å². The lowest BCUT2D eigenvalue weighted by Gasteiger charge is -2.21. The first kappa shape index (κ1) is 9.91. The molecule has 1 aliphatic heterocycles.